The van der Waals surface area contributed by atoms with E-state index in [4.69, 9.17) is 0 Å². The first-order chi connectivity index (χ1) is 9.41. The van der Waals surface area contributed by atoms with Crippen LogP contribution in [0.4, 0.5) is 5.69 Å². The molecule has 0 bridgehead atoms. The minimum absolute atomic E-state index is 0.156. The van der Waals surface area contributed by atoms with Crippen molar-refractivity contribution in [3.63, 3.8) is 0 Å². The molecule has 1 N–H and O–H groups in total. The summed E-state index contributed by atoms with van der Waals surface area (Å²) in [5, 5.41) is 7.76. The van der Waals surface area contributed by atoms with E-state index in [1.165, 1.54) is 0 Å². The molecule has 1 heterocycles. The van der Waals surface area contributed by atoms with Crippen molar-refractivity contribution in [1.29, 1.82) is 0 Å². The van der Waals surface area contributed by atoms with Crippen LogP contribution < -0.4 is 5.32 Å². The summed E-state index contributed by atoms with van der Waals surface area (Å²) in [5.74, 6) is -0.156. The Kier molecular flexibility index (Phi) is 4.55. The highest BCUT2D eigenvalue weighted by atomic mass is 79.9. The summed E-state index contributed by atoms with van der Waals surface area (Å²) in [6, 6.07) is 7.72. The smallest absolute Gasteiger partial charge is 0.269 e. The SMILES string of the molecule is CC(C)(C)c1nnsc1C(=O)Nc1ccc(CBr)cc1. The van der Waals surface area contributed by atoms with Gasteiger partial charge in [-0.3, -0.25) is 4.79 Å². The number of carbonyl (C=O) groups is 1. The maximum Gasteiger partial charge on any atom is 0.269 e. The fourth-order valence-electron chi connectivity index (χ4n) is 1.70. The van der Waals surface area contributed by atoms with Gasteiger partial charge in [0, 0.05) is 16.4 Å². The van der Waals surface area contributed by atoms with Crippen molar-refractivity contribution in [2.24, 2.45) is 0 Å². The van der Waals surface area contributed by atoms with E-state index < -0.39 is 0 Å². The molecule has 0 radical (unpaired) electrons. The molecule has 1 amide bonds. The lowest BCUT2D eigenvalue weighted by molar-refractivity contribution is 0.102. The summed E-state index contributed by atoms with van der Waals surface area (Å²) in [6.45, 7) is 6.06. The third-order valence-electron chi connectivity index (χ3n) is 2.77. The molecule has 6 heteroatoms. The number of benzene rings is 1. The molecule has 1 aromatic carbocycles. The number of aromatic nitrogens is 2. The molecule has 4 nitrogen and oxygen atoms in total. The van der Waals surface area contributed by atoms with Crippen molar-refractivity contribution in [3.05, 3.63) is 40.4 Å². The zero-order valence-corrected chi connectivity index (χ0v) is 14.0. The second-order valence-corrected chi connectivity index (χ2v) is 6.80. The van der Waals surface area contributed by atoms with Crippen LogP contribution in [0.25, 0.3) is 0 Å². The molecule has 0 fully saturated rings. The number of nitrogens with zero attached hydrogens (tertiary/aromatic N) is 2. The van der Waals surface area contributed by atoms with E-state index in [1.54, 1.807) is 0 Å². The fourth-order valence-corrected chi connectivity index (χ4v) is 2.84. The van der Waals surface area contributed by atoms with Crippen molar-refractivity contribution < 1.29 is 4.79 Å². The number of alkyl halides is 1. The van der Waals surface area contributed by atoms with E-state index in [0.717, 1.165) is 33.8 Å². The summed E-state index contributed by atoms with van der Waals surface area (Å²) in [7, 11) is 0. The molecule has 2 rings (SSSR count). The largest absolute Gasteiger partial charge is 0.321 e. The number of carbonyl (C=O) groups excluding carboxylic acids is 1. The number of nitrogens with one attached hydrogen (secondary N) is 1. The molecule has 0 saturated heterocycles. The minimum atomic E-state index is -0.195. The Morgan fingerprint density at radius 3 is 2.50 bits per heavy atom. The molecule has 2 aromatic rings. The fraction of sp³-hybridized carbons (Fsp3) is 0.357. The Balaban J connectivity index is 2.18. The van der Waals surface area contributed by atoms with Gasteiger partial charge in [-0.1, -0.05) is 53.3 Å². The van der Waals surface area contributed by atoms with Crippen LogP contribution in [0.1, 0.15) is 41.7 Å². The molecule has 0 unspecified atom stereocenters. The van der Waals surface area contributed by atoms with Crippen LogP contribution in [-0.4, -0.2) is 15.5 Å². The number of halogens is 1. The van der Waals surface area contributed by atoms with E-state index in [2.05, 4.69) is 30.8 Å². The van der Waals surface area contributed by atoms with Gasteiger partial charge in [0.15, 0.2) is 0 Å². The van der Waals surface area contributed by atoms with Gasteiger partial charge in [0.25, 0.3) is 5.91 Å². The Morgan fingerprint density at radius 1 is 1.30 bits per heavy atom. The van der Waals surface area contributed by atoms with Crippen LogP contribution in [0, 0.1) is 0 Å². The first-order valence-corrected chi connectivity index (χ1v) is 8.10. The zero-order chi connectivity index (χ0) is 14.8. The van der Waals surface area contributed by atoms with Crippen LogP contribution in [0.15, 0.2) is 24.3 Å². The number of amides is 1. The van der Waals surface area contributed by atoms with Crippen molar-refractivity contribution >= 4 is 39.1 Å². The van der Waals surface area contributed by atoms with Crippen LogP contribution in [0.3, 0.4) is 0 Å². The molecule has 0 aliphatic rings. The maximum atomic E-state index is 12.3. The molecule has 0 saturated carbocycles. The lowest BCUT2D eigenvalue weighted by Gasteiger charge is -2.16. The summed E-state index contributed by atoms with van der Waals surface area (Å²) in [5.41, 5.74) is 2.47. The van der Waals surface area contributed by atoms with Crippen molar-refractivity contribution in [2.45, 2.75) is 31.5 Å². The average Bonchev–Trinajstić information content (AvgIpc) is 2.89. The van der Waals surface area contributed by atoms with Gasteiger partial charge in [-0.25, -0.2) is 0 Å². The highest BCUT2D eigenvalue weighted by Crippen LogP contribution is 2.26. The van der Waals surface area contributed by atoms with Gasteiger partial charge in [0.2, 0.25) is 0 Å². The van der Waals surface area contributed by atoms with E-state index in [-0.39, 0.29) is 11.3 Å². The number of anilines is 1. The van der Waals surface area contributed by atoms with Gasteiger partial charge in [-0.05, 0) is 29.2 Å². The molecule has 106 valence electrons. The number of hydrogen-bond acceptors (Lipinski definition) is 4. The topological polar surface area (TPSA) is 54.9 Å². The highest BCUT2D eigenvalue weighted by Gasteiger charge is 2.26. The van der Waals surface area contributed by atoms with E-state index in [1.807, 2.05) is 45.0 Å². The summed E-state index contributed by atoms with van der Waals surface area (Å²) >= 11 is 4.52. The second kappa shape index (κ2) is 6.01. The van der Waals surface area contributed by atoms with Crippen LogP contribution >= 0.6 is 27.5 Å². The van der Waals surface area contributed by atoms with Gasteiger partial charge >= 0.3 is 0 Å². The Bertz CT molecular complexity index is 602. The summed E-state index contributed by atoms with van der Waals surface area (Å²) in [4.78, 5) is 12.9. The van der Waals surface area contributed by atoms with Crippen molar-refractivity contribution in [1.82, 2.24) is 9.59 Å². The van der Waals surface area contributed by atoms with Crippen molar-refractivity contribution in [2.75, 3.05) is 5.32 Å². The first-order valence-electron chi connectivity index (χ1n) is 6.21. The molecule has 0 atom stereocenters. The molecule has 0 aliphatic carbocycles. The second-order valence-electron chi connectivity index (χ2n) is 5.49. The Labute approximate surface area is 130 Å². The average molecular weight is 354 g/mol. The van der Waals surface area contributed by atoms with Gasteiger partial charge in [0.1, 0.15) is 4.88 Å². The van der Waals surface area contributed by atoms with E-state index >= 15 is 0 Å². The molecule has 1 aromatic heterocycles. The monoisotopic (exact) mass is 353 g/mol. The highest BCUT2D eigenvalue weighted by molar-refractivity contribution is 9.08. The van der Waals surface area contributed by atoms with Gasteiger partial charge in [-0.2, -0.15) is 0 Å². The van der Waals surface area contributed by atoms with Gasteiger partial charge < -0.3 is 5.32 Å². The molecular formula is C14H16BrN3OS. The summed E-state index contributed by atoms with van der Waals surface area (Å²) < 4.78 is 3.90. The molecule has 0 spiro atoms. The third-order valence-corrected chi connectivity index (χ3v) is 4.14. The van der Waals surface area contributed by atoms with Gasteiger partial charge in [-0.15, -0.1) is 5.10 Å². The van der Waals surface area contributed by atoms with Gasteiger partial charge in [0.05, 0.1) is 5.69 Å². The lowest BCUT2D eigenvalue weighted by Crippen LogP contribution is -2.19. The molecule has 20 heavy (non-hydrogen) atoms. The predicted octanol–water partition coefficient (Wildman–Crippen LogP) is 3.98. The third kappa shape index (κ3) is 3.43. The van der Waals surface area contributed by atoms with Crippen LogP contribution in [-0.2, 0) is 10.7 Å². The van der Waals surface area contributed by atoms with Crippen LogP contribution in [0.5, 0.6) is 0 Å². The number of rotatable bonds is 3. The minimum Gasteiger partial charge on any atom is -0.321 e. The van der Waals surface area contributed by atoms with E-state index in [9.17, 15) is 4.79 Å². The predicted molar refractivity (Wildman–Crippen MR) is 85.6 cm³/mol. The number of hydrogen-bond donors (Lipinski definition) is 1. The molecule has 0 aliphatic heterocycles. The maximum absolute atomic E-state index is 12.3. The first kappa shape index (κ1) is 15.1. The normalized spacial score (nSPS) is 11.4. The van der Waals surface area contributed by atoms with Crippen molar-refractivity contribution in [3.8, 4) is 0 Å². The van der Waals surface area contributed by atoms with E-state index in [0.29, 0.717) is 4.88 Å². The molecular weight excluding hydrogens is 338 g/mol. The quantitative estimate of drug-likeness (QED) is 0.849. The standard InChI is InChI=1S/C14H16BrN3OS/c1-14(2,3)12-11(20-18-17-12)13(19)16-10-6-4-9(8-15)5-7-10/h4-7H,8H2,1-3H3,(H,16,19). The Morgan fingerprint density at radius 2 is 1.95 bits per heavy atom. The lowest BCUT2D eigenvalue weighted by atomic mass is 9.91. The zero-order valence-electron chi connectivity index (χ0n) is 11.6. The summed E-state index contributed by atoms with van der Waals surface area (Å²) in [6.07, 6.45) is 0. The Hall–Kier alpha value is -1.27. The van der Waals surface area contributed by atoms with Crippen LogP contribution in [0.2, 0.25) is 0 Å².